The molecule has 0 saturated heterocycles. The lowest BCUT2D eigenvalue weighted by atomic mass is 10.1. The quantitative estimate of drug-likeness (QED) is 0.645. The van der Waals surface area contributed by atoms with Crippen LogP contribution in [0.5, 0.6) is 0 Å². The molecular formula is C15H15BrN2O2. The van der Waals surface area contributed by atoms with Crippen molar-refractivity contribution in [2.45, 2.75) is 19.9 Å². The second-order valence-corrected chi connectivity index (χ2v) is 5.36. The third-order valence-electron chi connectivity index (χ3n) is 3.07. The van der Waals surface area contributed by atoms with Crippen molar-refractivity contribution in [3.8, 4) is 0 Å². The predicted octanol–water partition coefficient (Wildman–Crippen LogP) is 4.53. The van der Waals surface area contributed by atoms with Crippen molar-refractivity contribution in [3.63, 3.8) is 0 Å². The van der Waals surface area contributed by atoms with Crippen LogP contribution < -0.4 is 5.32 Å². The molecule has 4 nitrogen and oxygen atoms in total. The van der Waals surface area contributed by atoms with Crippen LogP contribution in [0.4, 0.5) is 11.4 Å². The van der Waals surface area contributed by atoms with Gasteiger partial charge in [-0.15, -0.1) is 0 Å². The van der Waals surface area contributed by atoms with Gasteiger partial charge in [-0.05, 0) is 29.7 Å². The fourth-order valence-corrected chi connectivity index (χ4v) is 2.26. The van der Waals surface area contributed by atoms with Gasteiger partial charge in [-0.3, -0.25) is 10.1 Å². The molecule has 2 rings (SSSR count). The fourth-order valence-electron chi connectivity index (χ4n) is 1.90. The Morgan fingerprint density at radius 2 is 1.80 bits per heavy atom. The molecule has 2 aromatic rings. The molecule has 5 heteroatoms. The minimum Gasteiger partial charge on any atom is -0.375 e. The summed E-state index contributed by atoms with van der Waals surface area (Å²) >= 11 is 3.33. The maximum atomic E-state index is 11.0. The average Bonchev–Trinajstić information content (AvgIpc) is 2.45. The number of nitro groups is 1. The van der Waals surface area contributed by atoms with Crippen LogP contribution in [-0.4, -0.2) is 4.92 Å². The van der Waals surface area contributed by atoms with Crippen molar-refractivity contribution in [1.82, 2.24) is 0 Å². The molecule has 0 aliphatic rings. The summed E-state index contributed by atoms with van der Waals surface area (Å²) in [6.07, 6.45) is 1.00. The molecule has 0 radical (unpaired) electrons. The van der Waals surface area contributed by atoms with Crippen LogP contribution >= 0.6 is 15.9 Å². The molecule has 0 aliphatic heterocycles. The van der Waals surface area contributed by atoms with Crippen LogP contribution in [0.25, 0.3) is 0 Å². The summed E-state index contributed by atoms with van der Waals surface area (Å²) in [5.74, 6) is 0. The zero-order valence-corrected chi connectivity index (χ0v) is 12.7. The van der Waals surface area contributed by atoms with E-state index in [9.17, 15) is 10.1 Å². The van der Waals surface area contributed by atoms with Gasteiger partial charge in [0.1, 0.15) is 5.69 Å². The third kappa shape index (κ3) is 3.57. The van der Waals surface area contributed by atoms with Crippen LogP contribution in [0.2, 0.25) is 0 Å². The van der Waals surface area contributed by atoms with E-state index in [2.05, 4.69) is 40.3 Å². The van der Waals surface area contributed by atoms with Gasteiger partial charge in [0.15, 0.2) is 0 Å². The molecule has 0 bridgehead atoms. The lowest BCUT2D eigenvalue weighted by Crippen LogP contribution is -2.02. The highest BCUT2D eigenvalue weighted by Gasteiger charge is 2.13. The maximum Gasteiger partial charge on any atom is 0.292 e. The molecule has 0 atom stereocenters. The number of aryl methyl sites for hydroxylation is 1. The number of hydrogen-bond donors (Lipinski definition) is 1. The van der Waals surface area contributed by atoms with Crippen LogP contribution in [-0.2, 0) is 13.0 Å². The summed E-state index contributed by atoms with van der Waals surface area (Å²) < 4.78 is 0.812. The minimum atomic E-state index is -0.380. The molecule has 0 fully saturated rings. The number of halogens is 1. The van der Waals surface area contributed by atoms with Gasteiger partial charge in [0, 0.05) is 17.1 Å². The molecule has 20 heavy (non-hydrogen) atoms. The monoisotopic (exact) mass is 334 g/mol. The van der Waals surface area contributed by atoms with Crippen molar-refractivity contribution < 1.29 is 4.92 Å². The van der Waals surface area contributed by atoms with Crippen LogP contribution in [0.3, 0.4) is 0 Å². The largest absolute Gasteiger partial charge is 0.375 e. The van der Waals surface area contributed by atoms with Crippen molar-refractivity contribution in [1.29, 1.82) is 0 Å². The minimum absolute atomic E-state index is 0.0818. The van der Waals surface area contributed by atoms with E-state index < -0.39 is 0 Å². The van der Waals surface area contributed by atoms with E-state index in [1.54, 1.807) is 12.1 Å². The van der Waals surface area contributed by atoms with E-state index in [4.69, 9.17) is 0 Å². The van der Waals surface area contributed by atoms with Crippen LogP contribution in [0.1, 0.15) is 18.1 Å². The first-order valence-electron chi connectivity index (χ1n) is 6.35. The molecule has 0 spiro atoms. The first-order chi connectivity index (χ1) is 9.60. The molecule has 0 unspecified atom stereocenters. The average molecular weight is 335 g/mol. The first kappa shape index (κ1) is 14.5. The Labute approximate surface area is 126 Å². The summed E-state index contributed by atoms with van der Waals surface area (Å²) in [6, 6.07) is 13.1. The van der Waals surface area contributed by atoms with E-state index >= 15 is 0 Å². The normalized spacial score (nSPS) is 10.3. The van der Waals surface area contributed by atoms with Crippen molar-refractivity contribution in [2.75, 3.05) is 5.32 Å². The molecule has 1 N–H and O–H groups in total. The van der Waals surface area contributed by atoms with Gasteiger partial charge in [-0.1, -0.05) is 47.1 Å². The van der Waals surface area contributed by atoms with Gasteiger partial charge in [0.25, 0.3) is 5.69 Å². The highest BCUT2D eigenvalue weighted by molar-refractivity contribution is 9.10. The lowest BCUT2D eigenvalue weighted by molar-refractivity contribution is -0.384. The molecule has 0 saturated carbocycles. The number of anilines is 1. The summed E-state index contributed by atoms with van der Waals surface area (Å²) in [4.78, 5) is 10.6. The number of nitro benzene ring substituents is 1. The highest BCUT2D eigenvalue weighted by Crippen LogP contribution is 2.28. The number of nitrogens with one attached hydrogen (secondary N) is 1. The molecular weight excluding hydrogens is 320 g/mol. The summed E-state index contributed by atoms with van der Waals surface area (Å²) in [5.41, 5.74) is 2.97. The Morgan fingerprint density at radius 3 is 2.40 bits per heavy atom. The summed E-state index contributed by atoms with van der Waals surface area (Å²) in [7, 11) is 0. The van der Waals surface area contributed by atoms with E-state index in [1.807, 2.05) is 12.1 Å². The molecule has 0 amide bonds. The van der Waals surface area contributed by atoms with Crippen molar-refractivity contribution in [2.24, 2.45) is 0 Å². The molecule has 0 aliphatic carbocycles. The Bertz CT molecular complexity index is 612. The molecule has 0 aromatic heterocycles. The van der Waals surface area contributed by atoms with Gasteiger partial charge in [0.05, 0.1) is 4.92 Å². The van der Waals surface area contributed by atoms with Crippen molar-refractivity contribution >= 4 is 27.3 Å². The van der Waals surface area contributed by atoms with Crippen LogP contribution in [0.15, 0.2) is 46.9 Å². The number of hydrogen-bond acceptors (Lipinski definition) is 3. The van der Waals surface area contributed by atoms with E-state index in [-0.39, 0.29) is 10.6 Å². The van der Waals surface area contributed by atoms with Gasteiger partial charge in [-0.2, -0.15) is 0 Å². The Balaban J connectivity index is 2.13. The SMILES string of the molecule is CCc1ccc(CNc2cc(Br)ccc2[N+](=O)[O-])cc1. The Kier molecular flexibility index (Phi) is 4.74. The van der Waals surface area contributed by atoms with E-state index in [0.717, 1.165) is 16.5 Å². The standard InChI is InChI=1S/C15H15BrN2O2/c1-2-11-3-5-12(6-4-11)10-17-14-9-13(16)7-8-15(14)18(19)20/h3-9,17H,2,10H2,1H3. The summed E-state index contributed by atoms with van der Waals surface area (Å²) in [6.45, 7) is 2.67. The van der Waals surface area contributed by atoms with E-state index in [0.29, 0.717) is 12.2 Å². The number of nitrogens with zero attached hydrogens (tertiary/aromatic N) is 1. The van der Waals surface area contributed by atoms with E-state index in [1.165, 1.54) is 11.6 Å². The number of benzene rings is 2. The first-order valence-corrected chi connectivity index (χ1v) is 7.15. The maximum absolute atomic E-state index is 11.0. The van der Waals surface area contributed by atoms with Crippen LogP contribution in [0, 0.1) is 10.1 Å². The highest BCUT2D eigenvalue weighted by atomic mass is 79.9. The Morgan fingerprint density at radius 1 is 1.15 bits per heavy atom. The second kappa shape index (κ2) is 6.52. The number of rotatable bonds is 5. The van der Waals surface area contributed by atoms with Crippen molar-refractivity contribution in [3.05, 3.63) is 68.2 Å². The lowest BCUT2D eigenvalue weighted by Gasteiger charge is -2.08. The summed E-state index contributed by atoms with van der Waals surface area (Å²) in [5, 5.41) is 14.1. The third-order valence-corrected chi connectivity index (χ3v) is 3.56. The molecule has 104 valence electrons. The van der Waals surface area contributed by atoms with Gasteiger partial charge in [-0.25, -0.2) is 0 Å². The zero-order valence-electron chi connectivity index (χ0n) is 11.1. The zero-order chi connectivity index (χ0) is 14.5. The predicted molar refractivity (Wildman–Crippen MR) is 83.9 cm³/mol. The van der Waals surface area contributed by atoms with Gasteiger partial charge < -0.3 is 5.32 Å². The fraction of sp³-hybridized carbons (Fsp3) is 0.200. The topological polar surface area (TPSA) is 55.2 Å². The Hall–Kier alpha value is -1.88. The second-order valence-electron chi connectivity index (χ2n) is 4.44. The smallest absolute Gasteiger partial charge is 0.292 e. The molecule has 0 heterocycles. The van der Waals surface area contributed by atoms with Gasteiger partial charge in [0.2, 0.25) is 0 Å². The van der Waals surface area contributed by atoms with Gasteiger partial charge >= 0.3 is 0 Å². The molecule has 2 aromatic carbocycles.